The summed E-state index contributed by atoms with van der Waals surface area (Å²) < 4.78 is 0. The second-order valence-electron chi connectivity index (χ2n) is 3.06. The van der Waals surface area contributed by atoms with Gasteiger partial charge in [0.05, 0.1) is 11.6 Å². The number of amidine groups is 1. The highest BCUT2D eigenvalue weighted by Gasteiger charge is 2.01. The highest BCUT2D eigenvalue weighted by atomic mass is 35.5. The second-order valence-corrected chi connectivity index (χ2v) is 3.33. The first kappa shape index (κ1) is 11.7. The zero-order chi connectivity index (χ0) is 11.3. The topological polar surface area (TPSA) is 55.5 Å². The molecular weight excluding hydrogens is 212 g/mol. The van der Waals surface area contributed by atoms with E-state index in [1.54, 1.807) is 24.3 Å². The summed E-state index contributed by atoms with van der Waals surface area (Å²) in [6, 6.07) is 6.99. The largest absolute Gasteiger partial charge is 0.386 e. The maximum atomic E-state index is 11.3. The molecular formula is C11H13ClN2O. The number of carbonyl (C=O) groups excluding carboxylic acids is 1. The molecule has 1 aromatic carbocycles. The Balaban J connectivity index is 2.86. The predicted octanol–water partition coefficient (Wildman–Crippen LogP) is 2.51. The van der Waals surface area contributed by atoms with Gasteiger partial charge in [0, 0.05) is 12.0 Å². The Morgan fingerprint density at radius 2 is 2.00 bits per heavy atom. The molecule has 0 unspecified atom stereocenters. The van der Waals surface area contributed by atoms with Gasteiger partial charge in [0.15, 0.2) is 5.78 Å². The second kappa shape index (κ2) is 5.51. The average molecular weight is 225 g/mol. The molecule has 15 heavy (non-hydrogen) atoms. The smallest absolute Gasteiger partial charge is 0.162 e. The molecule has 0 saturated heterocycles. The van der Waals surface area contributed by atoms with Crippen LogP contribution < -0.4 is 5.73 Å². The van der Waals surface area contributed by atoms with Crippen molar-refractivity contribution in [2.75, 3.05) is 5.88 Å². The quantitative estimate of drug-likeness (QED) is 0.370. The summed E-state index contributed by atoms with van der Waals surface area (Å²) in [6.45, 7) is 1.83. The number of nitrogens with zero attached hydrogens (tertiary/aromatic N) is 1. The number of aliphatic imine (C=N–C) groups is 1. The van der Waals surface area contributed by atoms with E-state index in [0.29, 0.717) is 23.5 Å². The lowest BCUT2D eigenvalue weighted by molar-refractivity contribution is 0.0988. The van der Waals surface area contributed by atoms with Crippen molar-refractivity contribution >= 4 is 28.9 Å². The summed E-state index contributed by atoms with van der Waals surface area (Å²) in [4.78, 5) is 15.4. The zero-order valence-corrected chi connectivity index (χ0v) is 9.29. The van der Waals surface area contributed by atoms with E-state index >= 15 is 0 Å². The van der Waals surface area contributed by atoms with Crippen molar-refractivity contribution in [1.29, 1.82) is 0 Å². The fourth-order valence-electron chi connectivity index (χ4n) is 1.12. The van der Waals surface area contributed by atoms with E-state index in [-0.39, 0.29) is 11.7 Å². The molecule has 0 aliphatic carbocycles. The van der Waals surface area contributed by atoms with Crippen molar-refractivity contribution in [3.63, 3.8) is 0 Å². The number of Topliss-reactive ketones (excluding diaryl/α,β-unsaturated/α-hetero) is 1. The number of benzene rings is 1. The highest BCUT2D eigenvalue weighted by molar-refractivity contribution is 6.28. The van der Waals surface area contributed by atoms with Gasteiger partial charge >= 0.3 is 0 Å². The molecule has 0 aliphatic rings. The summed E-state index contributed by atoms with van der Waals surface area (Å²) in [7, 11) is 0. The average Bonchev–Trinajstić information content (AvgIpc) is 2.29. The number of halogens is 1. The van der Waals surface area contributed by atoms with Gasteiger partial charge in [-0.05, 0) is 24.3 Å². The van der Waals surface area contributed by atoms with Crippen LogP contribution in [-0.2, 0) is 0 Å². The van der Waals surface area contributed by atoms with Gasteiger partial charge in [-0.15, -0.1) is 11.6 Å². The van der Waals surface area contributed by atoms with Crippen LogP contribution in [0.1, 0.15) is 23.7 Å². The molecule has 2 N–H and O–H groups in total. The maximum absolute atomic E-state index is 11.3. The van der Waals surface area contributed by atoms with E-state index in [2.05, 4.69) is 4.99 Å². The molecule has 3 nitrogen and oxygen atoms in total. The first-order valence-electron chi connectivity index (χ1n) is 4.69. The van der Waals surface area contributed by atoms with Crippen molar-refractivity contribution in [2.45, 2.75) is 13.3 Å². The fraction of sp³-hybridized carbons (Fsp3) is 0.273. The van der Waals surface area contributed by atoms with Crippen LogP contribution in [0.4, 0.5) is 5.69 Å². The molecule has 4 heteroatoms. The molecule has 0 aromatic heterocycles. The van der Waals surface area contributed by atoms with E-state index in [9.17, 15) is 4.79 Å². The molecule has 0 atom stereocenters. The zero-order valence-electron chi connectivity index (χ0n) is 8.53. The first-order chi connectivity index (χ1) is 7.17. The minimum atomic E-state index is 0.121. The Hall–Kier alpha value is -1.35. The van der Waals surface area contributed by atoms with E-state index in [1.165, 1.54) is 0 Å². The van der Waals surface area contributed by atoms with Gasteiger partial charge in [0.2, 0.25) is 0 Å². The van der Waals surface area contributed by atoms with Crippen LogP contribution in [0.5, 0.6) is 0 Å². The number of nitrogens with two attached hydrogens (primary N) is 1. The summed E-state index contributed by atoms with van der Waals surface area (Å²) >= 11 is 5.50. The fourth-order valence-corrected chi connectivity index (χ4v) is 1.18. The van der Waals surface area contributed by atoms with Crippen LogP contribution in [0.25, 0.3) is 0 Å². The lowest BCUT2D eigenvalue weighted by Gasteiger charge is -1.99. The summed E-state index contributed by atoms with van der Waals surface area (Å²) in [6.07, 6.45) is 0.506. The summed E-state index contributed by atoms with van der Waals surface area (Å²) in [5.74, 6) is 0.692. The van der Waals surface area contributed by atoms with Crippen LogP contribution in [0.15, 0.2) is 29.3 Å². The van der Waals surface area contributed by atoms with Gasteiger partial charge in [-0.25, -0.2) is 4.99 Å². The third-order valence-corrected chi connectivity index (χ3v) is 2.19. The summed E-state index contributed by atoms with van der Waals surface area (Å²) in [5, 5.41) is 0. The van der Waals surface area contributed by atoms with Gasteiger partial charge in [0.25, 0.3) is 0 Å². The van der Waals surface area contributed by atoms with Crippen molar-refractivity contribution in [3.8, 4) is 0 Å². The van der Waals surface area contributed by atoms with Crippen molar-refractivity contribution in [3.05, 3.63) is 29.8 Å². The Morgan fingerprint density at radius 1 is 1.40 bits per heavy atom. The molecule has 0 bridgehead atoms. The molecule has 0 heterocycles. The molecule has 80 valence electrons. The van der Waals surface area contributed by atoms with Gasteiger partial charge in [-0.1, -0.05) is 6.92 Å². The highest BCUT2D eigenvalue weighted by Crippen LogP contribution is 2.14. The van der Waals surface area contributed by atoms with E-state index in [0.717, 1.165) is 0 Å². The maximum Gasteiger partial charge on any atom is 0.162 e. The number of ketones is 1. The normalized spacial score (nSPS) is 11.5. The lowest BCUT2D eigenvalue weighted by Crippen LogP contribution is -2.12. The van der Waals surface area contributed by atoms with Gasteiger partial charge in [-0.3, -0.25) is 4.79 Å². The van der Waals surface area contributed by atoms with E-state index in [1.807, 2.05) is 6.92 Å². The standard InChI is InChI=1S/C11H13ClN2O/c1-2-10(15)8-3-5-9(6-4-8)14-11(13)7-12/h3-6H,2,7H2,1H3,(H2,13,14). The lowest BCUT2D eigenvalue weighted by atomic mass is 10.1. The minimum Gasteiger partial charge on any atom is -0.386 e. The molecule has 0 amide bonds. The van der Waals surface area contributed by atoms with Crippen LogP contribution in [0.2, 0.25) is 0 Å². The summed E-state index contributed by atoms with van der Waals surface area (Å²) in [5.41, 5.74) is 6.88. The van der Waals surface area contributed by atoms with Crippen molar-refractivity contribution in [1.82, 2.24) is 0 Å². The Bertz CT molecular complexity index is 371. The first-order valence-corrected chi connectivity index (χ1v) is 5.23. The number of alkyl halides is 1. The van der Waals surface area contributed by atoms with Crippen LogP contribution >= 0.6 is 11.6 Å². The molecule has 0 saturated carbocycles. The van der Waals surface area contributed by atoms with E-state index in [4.69, 9.17) is 17.3 Å². The number of hydrogen-bond acceptors (Lipinski definition) is 2. The predicted molar refractivity (Wildman–Crippen MR) is 63.1 cm³/mol. The minimum absolute atomic E-state index is 0.121. The molecule has 0 fully saturated rings. The molecule has 0 aliphatic heterocycles. The van der Waals surface area contributed by atoms with Crippen molar-refractivity contribution < 1.29 is 4.79 Å². The monoisotopic (exact) mass is 224 g/mol. The molecule has 1 aromatic rings. The molecule has 0 radical (unpaired) electrons. The van der Waals surface area contributed by atoms with Gasteiger partial charge in [0.1, 0.15) is 5.84 Å². The molecule has 1 rings (SSSR count). The Morgan fingerprint density at radius 3 is 2.47 bits per heavy atom. The number of rotatable bonds is 4. The van der Waals surface area contributed by atoms with Crippen LogP contribution in [0, 0.1) is 0 Å². The SMILES string of the molecule is CCC(=O)c1ccc(N=C(N)CCl)cc1. The van der Waals surface area contributed by atoms with Crippen LogP contribution in [0.3, 0.4) is 0 Å². The Labute approximate surface area is 94.0 Å². The van der Waals surface area contributed by atoms with Crippen molar-refractivity contribution in [2.24, 2.45) is 10.7 Å². The third-order valence-electron chi connectivity index (χ3n) is 1.92. The molecule has 0 spiro atoms. The van der Waals surface area contributed by atoms with Crippen LogP contribution in [-0.4, -0.2) is 17.5 Å². The number of carbonyl (C=O) groups is 1. The Kier molecular flexibility index (Phi) is 4.31. The van der Waals surface area contributed by atoms with E-state index < -0.39 is 0 Å². The van der Waals surface area contributed by atoms with Gasteiger partial charge < -0.3 is 5.73 Å². The van der Waals surface area contributed by atoms with Gasteiger partial charge in [-0.2, -0.15) is 0 Å². The third kappa shape index (κ3) is 3.36. The number of hydrogen-bond donors (Lipinski definition) is 1.